The molecule has 1 heterocycles. The molecule has 15 heavy (non-hydrogen) atoms. The van der Waals surface area contributed by atoms with E-state index in [0.717, 1.165) is 30.8 Å². The van der Waals surface area contributed by atoms with Crippen LogP contribution in [0.5, 0.6) is 0 Å². The second kappa shape index (κ2) is 4.17. The Hall–Kier alpha value is -1.77. The van der Waals surface area contributed by atoms with Crippen molar-refractivity contribution >= 4 is 11.7 Å². The quantitative estimate of drug-likeness (QED) is 0.746. The van der Waals surface area contributed by atoms with Gasteiger partial charge in [-0.3, -0.25) is 4.90 Å². The molecule has 0 unspecified atom stereocenters. The minimum atomic E-state index is -0.00786. The first-order chi connectivity index (χ1) is 7.33. The molecular formula is C12H14N2O. The number of anilines is 1. The van der Waals surface area contributed by atoms with E-state index in [2.05, 4.69) is 11.9 Å². The van der Waals surface area contributed by atoms with E-state index in [1.165, 1.54) is 0 Å². The monoisotopic (exact) mass is 202 g/mol. The van der Waals surface area contributed by atoms with Gasteiger partial charge in [0.15, 0.2) is 0 Å². The molecule has 0 aliphatic carbocycles. The summed E-state index contributed by atoms with van der Waals surface area (Å²) in [7, 11) is 0. The number of carbonyl (C=O) groups excluding carboxylic acids is 1. The summed E-state index contributed by atoms with van der Waals surface area (Å²) in [6, 6.07) is 7.93. The summed E-state index contributed by atoms with van der Waals surface area (Å²) in [5.74, 6) is 0. The highest BCUT2D eigenvalue weighted by atomic mass is 16.2. The average molecular weight is 202 g/mol. The van der Waals surface area contributed by atoms with Gasteiger partial charge in [-0.15, -0.1) is 6.58 Å². The van der Waals surface area contributed by atoms with Gasteiger partial charge in [-0.2, -0.15) is 0 Å². The maximum atomic E-state index is 11.5. The smallest absolute Gasteiger partial charge is 0.322 e. The van der Waals surface area contributed by atoms with Crippen molar-refractivity contribution in [1.82, 2.24) is 5.32 Å². The van der Waals surface area contributed by atoms with Crippen LogP contribution >= 0.6 is 0 Å². The lowest BCUT2D eigenvalue weighted by molar-refractivity contribution is 0.252. The Balaban J connectivity index is 2.33. The summed E-state index contributed by atoms with van der Waals surface area (Å²) in [5.41, 5.74) is 2.14. The van der Waals surface area contributed by atoms with E-state index >= 15 is 0 Å². The van der Waals surface area contributed by atoms with E-state index in [1.807, 2.05) is 30.3 Å². The molecule has 1 saturated heterocycles. The SMILES string of the molecule is C=CCc1ccccc1N1CCNC1=O. The van der Waals surface area contributed by atoms with Gasteiger partial charge in [0.1, 0.15) is 0 Å². The average Bonchev–Trinajstić information content (AvgIpc) is 2.66. The highest BCUT2D eigenvalue weighted by Crippen LogP contribution is 2.22. The van der Waals surface area contributed by atoms with Crippen molar-refractivity contribution < 1.29 is 4.79 Å². The minimum Gasteiger partial charge on any atom is -0.336 e. The molecule has 1 aromatic rings. The van der Waals surface area contributed by atoms with Crippen molar-refractivity contribution in [3.63, 3.8) is 0 Å². The number of nitrogens with one attached hydrogen (secondary N) is 1. The summed E-state index contributed by atoms with van der Waals surface area (Å²) in [6.45, 7) is 5.19. The Kier molecular flexibility index (Phi) is 2.72. The van der Waals surface area contributed by atoms with Crippen LogP contribution in [0.15, 0.2) is 36.9 Å². The molecule has 2 rings (SSSR count). The molecule has 0 saturated carbocycles. The summed E-state index contributed by atoms with van der Waals surface area (Å²) >= 11 is 0. The fourth-order valence-corrected chi connectivity index (χ4v) is 1.80. The fourth-order valence-electron chi connectivity index (χ4n) is 1.80. The lowest BCUT2D eigenvalue weighted by Gasteiger charge is -2.17. The molecule has 78 valence electrons. The minimum absolute atomic E-state index is 0.00786. The van der Waals surface area contributed by atoms with Gasteiger partial charge in [-0.1, -0.05) is 24.3 Å². The predicted octanol–water partition coefficient (Wildman–Crippen LogP) is 1.94. The molecule has 3 heteroatoms. The highest BCUT2D eigenvalue weighted by Gasteiger charge is 2.22. The van der Waals surface area contributed by atoms with Gasteiger partial charge < -0.3 is 5.32 Å². The van der Waals surface area contributed by atoms with Crippen LogP contribution < -0.4 is 10.2 Å². The molecule has 0 bridgehead atoms. The summed E-state index contributed by atoms with van der Waals surface area (Å²) in [5, 5.41) is 2.80. The van der Waals surface area contributed by atoms with Crippen molar-refractivity contribution in [1.29, 1.82) is 0 Å². The Morgan fingerprint density at radius 1 is 1.47 bits per heavy atom. The predicted molar refractivity (Wildman–Crippen MR) is 61.1 cm³/mol. The third-order valence-corrected chi connectivity index (χ3v) is 2.50. The van der Waals surface area contributed by atoms with Crippen LogP contribution in [0.4, 0.5) is 10.5 Å². The first kappa shape index (κ1) is 9.77. The number of carbonyl (C=O) groups is 1. The Labute approximate surface area is 89.4 Å². The maximum absolute atomic E-state index is 11.5. The van der Waals surface area contributed by atoms with E-state index in [0.29, 0.717) is 0 Å². The van der Waals surface area contributed by atoms with Gasteiger partial charge in [0.25, 0.3) is 0 Å². The number of rotatable bonds is 3. The Morgan fingerprint density at radius 2 is 2.27 bits per heavy atom. The lowest BCUT2D eigenvalue weighted by atomic mass is 10.1. The van der Waals surface area contributed by atoms with Gasteiger partial charge in [-0.25, -0.2) is 4.79 Å². The van der Waals surface area contributed by atoms with Crippen LogP contribution in [-0.2, 0) is 6.42 Å². The summed E-state index contributed by atoms with van der Waals surface area (Å²) in [4.78, 5) is 13.3. The molecule has 1 fully saturated rings. The molecule has 1 aliphatic heterocycles. The number of nitrogens with zero attached hydrogens (tertiary/aromatic N) is 1. The van der Waals surface area contributed by atoms with Gasteiger partial charge in [0, 0.05) is 18.8 Å². The van der Waals surface area contributed by atoms with Crippen molar-refractivity contribution in [2.24, 2.45) is 0 Å². The fraction of sp³-hybridized carbons (Fsp3) is 0.250. The molecule has 1 aliphatic rings. The number of benzene rings is 1. The van der Waals surface area contributed by atoms with Crippen LogP contribution in [0.1, 0.15) is 5.56 Å². The largest absolute Gasteiger partial charge is 0.336 e. The lowest BCUT2D eigenvalue weighted by Crippen LogP contribution is -2.28. The maximum Gasteiger partial charge on any atom is 0.322 e. The molecule has 3 nitrogen and oxygen atoms in total. The molecule has 0 spiro atoms. The number of amides is 2. The van der Waals surface area contributed by atoms with E-state index in [4.69, 9.17) is 0 Å². The molecule has 0 aromatic heterocycles. The van der Waals surface area contributed by atoms with Gasteiger partial charge in [0.05, 0.1) is 0 Å². The topological polar surface area (TPSA) is 32.3 Å². The highest BCUT2D eigenvalue weighted by molar-refractivity contribution is 5.94. The van der Waals surface area contributed by atoms with Crippen LogP contribution in [0.2, 0.25) is 0 Å². The number of hydrogen-bond donors (Lipinski definition) is 1. The van der Waals surface area contributed by atoms with E-state index in [1.54, 1.807) is 4.90 Å². The van der Waals surface area contributed by atoms with E-state index in [9.17, 15) is 4.79 Å². The molecule has 0 atom stereocenters. The zero-order valence-electron chi connectivity index (χ0n) is 8.57. The van der Waals surface area contributed by atoms with Gasteiger partial charge in [-0.05, 0) is 18.1 Å². The van der Waals surface area contributed by atoms with Crippen molar-refractivity contribution in [2.45, 2.75) is 6.42 Å². The van der Waals surface area contributed by atoms with Crippen molar-refractivity contribution in [3.8, 4) is 0 Å². The van der Waals surface area contributed by atoms with Crippen molar-refractivity contribution in [2.75, 3.05) is 18.0 Å². The van der Waals surface area contributed by atoms with Crippen LogP contribution in [0.25, 0.3) is 0 Å². The first-order valence-electron chi connectivity index (χ1n) is 5.07. The molecule has 0 radical (unpaired) electrons. The van der Waals surface area contributed by atoms with Crippen LogP contribution in [-0.4, -0.2) is 19.1 Å². The Morgan fingerprint density at radius 3 is 2.93 bits per heavy atom. The normalized spacial score (nSPS) is 15.2. The van der Waals surface area contributed by atoms with E-state index < -0.39 is 0 Å². The zero-order valence-corrected chi connectivity index (χ0v) is 8.57. The van der Waals surface area contributed by atoms with Gasteiger partial charge >= 0.3 is 6.03 Å². The number of hydrogen-bond acceptors (Lipinski definition) is 1. The first-order valence-corrected chi connectivity index (χ1v) is 5.07. The van der Waals surface area contributed by atoms with E-state index in [-0.39, 0.29) is 6.03 Å². The van der Waals surface area contributed by atoms with Gasteiger partial charge in [0.2, 0.25) is 0 Å². The second-order valence-electron chi connectivity index (χ2n) is 3.51. The number of urea groups is 1. The molecule has 2 amide bonds. The summed E-state index contributed by atoms with van der Waals surface area (Å²) < 4.78 is 0. The number of para-hydroxylation sites is 1. The van der Waals surface area contributed by atoms with Crippen molar-refractivity contribution in [3.05, 3.63) is 42.5 Å². The van der Waals surface area contributed by atoms with Crippen LogP contribution in [0, 0.1) is 0 Å². The third kappa shape index (κ3) is 1.86. The molecule has 1 aromatic carbocycles. The molecule has 1 N–H and O–H groups in total. The Bertz CT molecular complexity index is 387. The standard InChI is InChI=1S/C12H14N2O/c1-2-5-10-6-3-4-7-11(10)14-9-8-13-12(14)15/h2-4,6-7H,1,5,8-9H2,(H,13,15). The molecular weight excluding hydrogens is 188 g/mol. The summed E-state index contributed by atoms with van der Waals surface area (Å²) in [6.07, 6.45) is 2.65. The number of allylic oxidation sites excluding steroid dienone is 1. The second-order valence-corrected chi connectivity index (χ2v) is 3.51. The zero-order chi connectivity index (χ0) is 10.7. The van der Waals surface area contributed by atoms with Crippen LogP contribution in [0.3, 0.4) is 0 Å². The third-order valence-electron chi connectivity index (χ3n) is 2.50.